The maximum Gasteiger partial charge on any atom is 0.357 e. The van der Waals surface area contributed by atoms with Crippen LogP contribution < -0.4 is 0 Å². The van der Waals surface area contributed by atoms with Gasteiger partial charge in [0, 0.05) is 13.0 Å². The van der Waals surface area contributed by atoms with Gasteiger partial charge in [0.15, 0.2) is 5.69 Å². The van der Waals surface area contributed by atoms with Gasteiger partial charge in [-0.15, -0.1) is 0 Å². The van der Waals surface area contributed by atoms with Gasteiger partial charge in [-0.05, 0) is 28.8 Å². The summed E-state index contributed by atoms with van der Waals surface area (Å²) in [5.41, 5.74) is 0.124. The Morgan fingerprint density at radius 1 is 1.53 bits per heavy atom. The van der Waals surface area contributed by atoms with Crippen LogP contribution >= 0.6 is 15.9 Å². The van der Waals surface area contributed by atoms with Gasteiger partial charge in [-0.2, -0.15) is 0 Å². The largest absolute Gasteiger partial charge is 0.476 e. The summed E-state index contributed by atoms with van der Waals surface area (Å²) in [6.07, 6.45) is 4.68. The van der Waals surface area contributed by atoms with E-state index in [1.807, 2.05) is 11.6 Å². The number of aromatic carboxylic acids is 1. The number of hydrogen-bond acceptors (Lipinski definition) is 2. The average molecular weight is 273 g/mol. The summed E-state index contributed by atoms with van der Waals surface area (Å²) in [5, 5.41) is 8.94. The van der Waals surface area contributed by atoms with E-state index in [0.717, 1.165) is 18.7 Å². The third-order valence-electron chi connectivity index (χ3n) is 2.98. The zero-order chi connectivity index (χ0) is 11.0. The Labute approximate surface area is 96.4 Å². The summed E-state index contributed by atoms with van der Waals surface area (Å²) in [5.74, 6) is 0.359. The second kappa shape index (κ2) is 3.96. The van der Waals surface area contributed by atoms with E-state index in [9.17, 15) is 4.79 Å². The van der Waals surface area contributed by atoms with Crippen molar-refractivity contribution in [2.45, 2.75) is 31.6 Å². The number of carboxylic acids is 1. The predicted molar refractivity (Wildman–Crippen MR) is 59.1 cm³/mol. The van der Waals surface area contributed by atoms with Crippen LogP contribution in [-0.2, 0) is 7.05 Å². The molecule has 1 fully saturated rings. The van der Waals surface area contributed by atoms with Crippen molar-refractivity contribution >= 4 is 21.9 Å². The number of aromatic nitrogens is 2. The quantitative estimate of drug-likeness (QED) is 0.900. The molecule has 0 bridgehead atoms. The normalized spacial score (nSPS) is 17.2. The minimum Gasteiger partial charge on any atom is -0.476 e. The van der Waals surface area contributed by atoms with Crippen LogP contribution in [0.4, 0.5) is 0 Å². The molecule has 1 aromatic rings. The molecule has 1 heterocycles. The smallest absolute Gasteiger partial charge is 0.357 e. The summed E-state index contributed by atoms with van der Waals surface area (Å²) in [6.45, 7) is 0. The minimum atomic E-state index is -0.971. The van der Waals surface area contributed by atoms with E-state index < -0.39 is 5.97 Å². The molecule has 1 saturated carbocycles. The lowest BCUT2D eigenvalue weighted by Gasteiger charge is -2.08. The van der Waals surface area contributed by atoms with Crippen LogP contribution in [0.1, 0.15) is 47.9 Å². The molecule has 5 heteroatoms. The van der Waals surface area contributed by atoms with Crippen molar-refractivity contribution in [2.75, 3.05) is 0 Å². The lowest BCUT2D eigenvalue weighted by Crippen LogP contribution is -2.02. The van der Waals surface area contributed by atoms with E-state index >= 15 is 0 Å². The molecule has 0 aromatic carbocycles. The maximum absolute atomic E-state index is 10.9. The van der Waals surface area contributed by atoms with E-state index in [1.54, 1.807) is 0 Å². The van der Waals surface area contributed by atoms with Crippen LogP contribution in [0.5, 0.6) is 0 Å². The summed E-state index contributed by atoms with van der Waals surface area (Å²) >= 11 is 3.27. The van der Waals surface area contributed by atoms with Gasteiger partial charge in [0.2, 0.25) is 0 Å². The number of carboxylic acid groups (broad SMARTS) is 1. The highest BCUT2D eigenvalue weighted by atomic mass is 79.9. The molecule has 0 unspecified atom stereocenters. The number of imidazole rings is 1. The average Bonchev–Trinajstić information content (AvgIpc) is 2.77. The molecule has 0 atom stereocenters. The van der Waals surface area contributed by atoms with Gasteiger partial charge in [-0.1, -0.05) is 12.8 Å². The predicted octanol–water partition coefficient (Wildman–Crippen LogP) is 2.54. The van der Waals surface area contributed by atoms with Gasteiger partial charge in [-0.3, -0.25) is 0 Å². The molecule has 0 amide bonds. The first-order valence-corrected chi connectivity index (χ1v) is 5.86. The fraction of sp³-hybridized carbons (Fsp3) is 0.600. The highest BCUT2D eigenvalue weighted by Crippen LogP contribution is 2.35. The first-order valence-electron chi connectivity index (χ1n) is 5.06. The Balaban J connectivity index is 2.39. The molecule has 1 N–H and O–H groups in total. The van der Waals surface area contributed by atoms with Crippen molar-refractivity contribution in [2.24, 2.45) is 7.05 Å². The van der Waals surface area contributed by atoms with Gasteiger partial charge >= 0.3 is 5.97 Å². The first-order chi connectivity index (χ1) is 7.11. The second-order valence-corrected chi connectivity index (χ2v) is 4.71. The third kappa shape index (κ3) is 1.80. The molecule has 2 rings (SSSR count). The molecular formula is C10H13BrN2O2. The summed E-state index contributed by atoms with van der Waals surface area (Å²) < 4.78 is 2.41. The Hall–Kier alpha value is -0.840. The molecule has 4 nitrogen and oxygen atoms in total. The van der Waals surface area contributed by atoms with E-state index in [0.29, 0.717) is 10.5 Å². The SMILES string of the molecule is Cn1c(C2CCCC2)nc(C(=O)O)c1Br. The standard InChI is InChI=1S/C10H13BrN2O2/c1-13-8(11)7(10(14)15)12-9(13)6-4-2-3-5-6/h6H,2-5H2,1H3,(H,14,15). The topological polar surface area (TPSA) is 55.1 Å². The maximum atomic E-state index is 10.9. The van der Waals surface area contributed by atoms with Crippen LogP contribution in [0.2, 0.25) is 0 Å². The summed E-state index contributed by atoms with van der Waals surface area (Å²) in [4.78, 5) is 15.1. The molecule has 1 aliphatic rings. The fourth-order valence-electron chi connectivity index (χ4n) is 2.18. The lowest BCUT2D eigenvalue weighted by molar-refractivity contribution is 0.0689. The third-order valence-corrected chi connectivity index (χ3v) is 3.89. The lowest BCUT2D eigenvalue weighted by atomic mass is 10.1. The van der Waals surface area contributed by atoms with Gasteiger partial charge in [0.05, 0.1) is 0 Å². The van der Waals surface area contributed by atoms with Crippen LogP contribution in [-0.4, -0.2) is 20.6 Å². The molecular weight excluding hydrogens is 260 g/mol. The molecule has 1 aliphatic carbocycles. The van der Waals surface area contributed by atoms with Gasteiger partial charge in [-0.25, -0.2) is 9.78 Å². The minimum absolute atomic E-state index is 0.124. The van der Waals surface area contributed by atoms with Crippen molar-refractivity contribution in [1.82, 2.24) is 9.55 Å². The number of hydrogen-bond donors (Lipinski definition) is 1. The van der Waals surface area contributed by atoms with Crippen LogP contribution in [0.3, 0.4) is 0 Å². The molecule has 15 heavy (non-hydrogen) atoms. The number of nitrogens with zero attached hydrogens (tertiary/aromatic N) is 2. The Kier molecular flexibility index (Phi) is 2.82. The van der Waals surface area contributed by atoms with Crippen molar-refractivity contribution in [3.63, 3.8) is 0 Å². The zero-order valence-electron chi connectivity index (χ0n) is 8.53. The number of rotatable bonds is 2. The highest BCUT2D eigenvalue weighted by Gasteiger charge is 2.25. The van der Waals surface area contributed by atoms with Gasteiger partial charge in [0.25, 0.3) is 0 Å². The molecule has 0 aliphatic heterocycles. The fourth-order valence-corrected chi connectivity index (χ4v) is 2.62. The van der Waals surface area contributed by atoms with Crippen molar-refractivity contribution in [1.29, 1.82) is 0 Å². The van der Waals surface area contributed by atoms with Crippen molar-refractivity contribution in [3.05, 3.63) is 16.1 Å². The van der Waals surface area contributed by atoms with Crippen LogP contribution in [0.15, 0.2) is 4.60 Å². The van der Waals surface area contributed by atoms with Gasteiger partial charge in [0.1, 0.15) is 10.4 Å². The Morgan fingerprint density at radius 2 is 2.13 bits per heavy atom. The summed E-state index contributed by atoms with van der Waals surface area (Å²) in [6, 6.07) is 0. The van der Waals surface area contributed by atoms with Crippen molar-refractivity contribution < 1.29 is 9.90 Å². The number of carbonyl (C=O) groups is 1. The molecule has 0 radical (unpaired) electrons. The zero-order valence-corrected chi connectivity index (χ0v) is 10.1. The van der Waals surface area contributed by atoms with E-state index in [1.165, 1.54) is 12.8 Å². The van der Waals surface area contributed by atoms with Gasteiger partial charge < -0.3 is 9.67 Å². The van der Waals surface area contributed by atoms with E-state index in [2.05, 4.69) is 20.9 Å². The second-order valence-electron chi connectivity index (χ2n) is 3.95. The van der Waals surface area contributed by atoms with E-state index in [-0.39, 0.29) is 5.69 Å². The molecule has 82 valence electrons. The molecule has 0 saturated heterocycles. The highest BCUT2D eigenvalue weighted by molar-refractivity contribution is 9.10. The Morgan fingerprint density at radius 3 is 2.60 bits per heavy atom. The summed E-state index contributed by atoms with van der Waals surface area (Å²) in [7, 11) is 1.86. The molecule has 0 spiro atoms. The van der Waals surface area contributed by atoms with Crippen LogP contribution in [0, 0.1) is 0 Å². The monoisotopic (exact) mass is 272 g/mol. The Bertz CT molecular complexity index is 394. The molecule has 1 aromatic heterocycles. The van der Waals surface area contributed by atoms with Crippen LogP contribution in [0.25, 0.3) is 0 Å². The van der Waals surface area contributed by atoms with E-state index in [4.69, 9.17) is 5.11 Å². The van der Waals surface area contributed by atoms with Crippen molar-refractivity contribution in [3.8, 4) is 0 Å². The first kappa shape index (κ1) is 10.7. The number of halogens is 1.